The van der Waals surface area contributed by atoms with E-state index in [0.29, 0.717) is 44.4 Å². The molecule has 1 N–H and O–H groups in total. The Morgan fingerprint density at radius 1 is 1.06 bits per heavy atom. The van der Waals surface area contributed by atoms with E-state index in [9.17, 15) is 18.0 Å². The molecule has 2 saturated heterocycles. The lowest BCUT2D eigenvalue weighted by molar-refractivity contribution is -0.128. The first-order valence-electron chi connectivity index (χ1n) is 12.0. The van der Waals surface area contributed by atoms with E-state index in [2.05, 4.69) is 19.2 Å². The van der Waals surface area contributed by atoms with Crippen molar-refractivity contribution in [2.45, 2.75) is 44.0 Å². The van der Waals surface area contributed by atoms with Crippen LogP contribution in [0.3, 0.4) is 0 Å². The van der Waals surface area contributed by atoms with Gasteiger partial charge in [0.1, 0.15) is 0 Å². The lowest BCUT2D eigenvalue weighted by Crippen LogP contribution is -2.42. The molecule has 0 bridgehead atoms. The summed E-state index contributed by atoms with van der Waals surface area (Å²) in [7, 11) is -3.69. The average Bonchev–Trinajstić information content (AvgIpc) is 3.23. The van der Waals surface area contributed by atoms with Crippen molar-refractivity contribution in [3.63, 3.8) is 0 Å². The largest absolute Gasteiger partial charge is 0.343 e. The molecule has 0 radical (unpaired) electrons. The number of nitrogens with one attached hydrogen (secondary N) is 1. The van der Waals surface area contributed by atoms with Crippen molar-refractivity contribution in [2.75, 3.05) is 26.2 Å². The Morgan fingerprint density at radius 2 is 1.76 bits per heavy atom. The third-order valence-electron chi connectivity index (χ3n) is 6.65. The van der Waals surface area contributed by atoms with Crippen LogP contribution in [0.2, 0.25) is 0 Å². The molecular weight excluding hydrogens is 450 g/mol. The number of piperidine rings is 1. The van der Waals surface area contributed by atoms with Gasteiger partial charge in [0, 0.05) is 38.2 Å². The fraction of sp³-hybridized carbons (Fsp3) is 0.462. The number of rotatable bonds is 7. The van der Waals surface area contributed by atoms with Gasteiger partial charge in [-0.05, 0) is 48.4 Å². The number of hydrogen-bond acceptors (Lipinski definition) is 4. The first kappa shape index (κ1) is 24.4. The molecule has 2 heterocycles. The maximum absolute atomic E-state index is 13.3. The highest BCUT2D eigenvalue weighted by Crippen LogP contribution is 2.27. The van der Waals surface area contributed by atoms with Crippen molar-refractivity contribution in [3.8, 4) is 0 Å². The molecular formula is C26H33N3O4S. The standard InChI is InChI=1S/C26H33N3O4S/c1-19-14-20(2)17-29(16-19)34(32,33)23-11-6-10-22(15-23)26(31)27-24(21-8-4-3-5-9-21)18-28-13-7-12-25(28)30/h3-6,8-11,15,19-20,24H,7,12-14,16-18H2,1-2H3,(H,27,31). The summed E-state index contributed by atoms with van der Waals surface area (Å²) in [6, 6.07) is 15.4. The van der Waals surface area contributed by atoms with E-state index in [1.54, 1.807) is 23.1 Å². The van der Waals surface area contributed by atoms with Gasteiger partial charge in [-0.15, -0.1) is 0 Å². The SMILES string of the molecule is CC1CC(C)CN(S(=O)(=O)c2cccc(C(=O)NC(CN3CCCC3=O)c3ccccc3)c2)C1. The molecule has 2 amide bonds. The zero-order valence-corrected chi connectivity index (χ0v) is 20.6. The number of nitrogens with zero attached hydrogens (tertiary/aromatic N) is 2. The normalized spacial score (nSPS) is 22.5. The number of carbonyl (C=O) groups excluding carboxylic acids is 2. The lowest BCUT2D eigenvalue weighted by Gasteiger charge is -2.34. The van der Waals surface area contributed by atoms with Gasteiger partial charge in [-0.3, -0.25) is 9.59 Å². The Hall–Kier alpha value is -2.71. The number of carbonyl (C=O) groups is 2. The maximum Gasteiger partial charge on any atom is 0.251 e. The van der Waals surface area contributed by atoms with E-state index < -0.39 is 10.0 Å². The van der Waals surface area contributed by atoms with Crippen LogP contribution in [0.25, 0.3) is 0 Å². The quantitative estimate of drug-likeness (QED) is 0.654. The number of amides is 2. The smallest absolute Gasteiger partial charge is 0.251 e. The Morgan fingerprint density at radius 3 is 2.41 bits per heavy atom. The first-order chi connectivity index (χ1) is 16.2. The maximum atomic E-state index is 13.3. The summed E-state index contributed by atoms with van der Waals surface area (Å²) in [4.78, 5) is 27.3. The molecule has 182 valence electrons. The predicted octanol–water partition coefficient (Wildman–Crippen LogP) is 3.45. The summed E-state index contributed by atoms with van der Waals surface area (Å²) in [6.07, 6.45) is 2.36. The van der Waals surface area contributed by atoms with Gasteiger partial charge in [-0.2, -0.15) is 4.31 Å². The van der Waals surface area contributed by atoms with Gasteiger partial charge in [0.2, 0.25) is 15.9 Å². The van der Waals surface area contributed by atoms with Crippen LogP contribution in [-0.2, 0) is 14.8 Å². The molecule has 7 nitrogen and oxygen atoms in total. The van der Waals surface area contributed by atoms with Gasteiger partial charge in [-0.25, -0.2) is 8.42 Å². The van der Waals surface area contributed by atoms with Crippen LogP contribution >= 0.6 is 0 Å². The second kappa shape index (κ2) is 10.3. The van der Waals surface area contributed by atoms with Gasteiger partial charge in [0.05, 0.1) is 10.9 Å². The monoisotopic (exact) mass is 483 g/mol. The minimum atomic E-state index is -3.69. The van der Waals surface area contributed by atoms with Crippen LogP contribution in [0.15, 0.2) is 59.5 Å². The van der Waals surface area contributed by atoms with E-state index in [1.807, 2.05) is 30.3 Å². The van der Waals surface area contributed by atoms with Crippen molar-refractivity contribution in [1.29, 1.82) is 0 Å². The Labute approximate surface area is 202 Å². The molecule has 2 aliphatic rings. The number of hydrogen-bond donors (Lipinski definition) is 1. The minimum Gasteiger partial charge on any atom is -0.343 e. The average molecular weight is 484 g/mol. The van der Waals surface area contributed by atoms with Gasteiger partial charge in [-0.1, -0.05) is 50.2 Å². The minimum absolute atomic E-state index is 0.0910. The number of likely N-dealkylation sites (tertiary alicyclic amines) is 1. The summed E-state index contributed by atoms with van der Waals surface area (Å²) in [5, 5.41) is 3.03. The third-order valence-corrected chi connectivity index (χ3v) is 8.48. The van der Waals surface area contributed by atoms with Gasteiger partial charge >= 0.3 is 0 Å². The number of sulfonamides is 1. The van der Waals surface area contributed by atoms with Crippen molar-refractivity contribution in [2.24, 2.45) is 11.8 Å². The summed E-state index contributed by atoms with van der Waals surface area (Å²) >= 11 is 0. The molecule has 2 aromatic rings. The summed E-state index contributed by atoms with van der Waals surface area (Å²) < 4.78 is 28.2. The molecule has 34 heavy (non-hydrogen) atoms. The van der Waals surface area contributed by atoms with E-state index in [0.717, 1.165) is 18.4 Å². The van der Waals surface area contributed by atoms with E-state index in [-0.39, 0.29) is 28.3 Å². The number of benzene rings is 2. The van der Waals surface area contributed by atoms with Gasteiger partial charge in [0.25, 0.3) is 5.91 Å². The van der Waals surface area contributed by atoms with Crippen molar-refractivity contribution in [3.05, 3.63) is 65.7 Å². The molecule has 0 saturated carbocycles. The van der Waals surface area contributed by atoms with Crippen LogP contribution in [0, 0.1) is 11.8 Å². The zero-order chi connectivity index (χ0) is 24.3. The molecule has 2 aromatic carbocycles. The molecule has 2 fully saturated rings. The molecule has 0 aromatic heterocycles. The zero-order valence-electron chi connectivity index (χ0n) is 19.8. The van der Waals surface area contributed by atoms with Crippen LogP contribution < -0.4 is 5.32 Å². The molecule has 2 aliphatic heterocycles. The van der Waals surface area contributed by atoms with Crippen molar-refractivity contribution >= 4 is 21.8 Å². The fourth-order valence-corrected chi connectivity index (χ4v) is 6.75. The molecule has 0 aliphatic carbocycles. The van der Waals surface area contributed by atoms with E-state index in [4.69, 9.17) is 0 Å². The highest BCUT2D eigenvalue weighted by atomic mass is 32.2. The molecule has 3 atom stereocenters. The molecule has 3 unspecified atom stereocenters. The fourth-order valence-electron chi connectivity index (χ4n) is 5.03. The molecule has 8 heteroatoms. The second-order valence-electron chi connectivity index (χ2n) is 9.68. The van der Waals surface area contributed by atoms with Crippen LogP contribution in [-0.4, -0.2) is 55.6 Å². The summed E-state index contributed by atoms with van der Waals surface area (Å²) in [5.74, 6) is 0.320. The van der Waals surface area contributed by atoms with E-state index >= 15 is 0 Å². The van der Waals surface area contributed by atoms with Crippen molar-refractivity contribution < 1.29 is 18.0 Å². The third kappa shape index (κ3) is 5.50. The summed E-state index contributed by atoms with van der Waals surface area (Å²) in [6.45, 7) is 6.18. The Bertz CT molecular complexity index is 1130. The summed E-state index contributed by atoms with van der Waals surface area (Å²) in [5.41, 5.74) is 1.18. The van der Waals surface area contributed by atoms with Crippen LogP contribution in [0.4, 0.5) is 0 Å². The van der Waals surface area contributed by atoms with Gasteiger partial charge < -0.3 is 10.2 Å². The van der Waals surface area contributed by atoms with Crippen LogP contribution in [0.1, 0.15) is 55.1 Å². The Kier molecular flexibility index (Phi) is 7.38. The second-order valence-corrected chi connectivity index (χ2v) is 11.6. The first-order valence-corrected chi connectivity index (χ1v) is 13.4. The van der Waals surface area contributed by atoms with Crippen LogP contribution in [0.5, 0.6) is 0 Å². The highest BCUT2D eigenvalue weighted by molar-refractivity contribution is 7.89. The highest BCUT2D eigenvalue weighted by Gasteiger charge is 2.32. The molecule has 0 spiro atoms. The predicted molar refractivity (Wildman–Crippen MR) is 131 cm³/mol. The van der Waals surface area contributed by atoms with E-state index in [1.165, 1.54) is 10.4 Å². The van der Waals surface area contributed by atoms with Crippen molar-refractivity contribution in [1.82, 2.24) is 14.5 Å². The lowest BCUT2D eigenvalue weighted by atomic mass is 9.94. The molecule has 4 rings (SSSR count). The topological polar surface area (TPSA) is 86.8 Å². The van der Waals surface area contributed by atoms with Gasteiger partial charge in [0.15, 0.2) is 0 Å². The Balaban J connectivity index is 1.55.